The molecular formula is C47H30N4. The van der Waals surface area contributed by atoms with Crippen molar-refractivity contribution in [3.63, 3.8) is 0 Å². The van der Waals surface area contributed by atoms with Gasteiger partial charge in [-0.1, -0.05) is 133 Å². The van der Waals surface area contributed by atoms with Crippen molar-refractivity contribution in [2.24, 2.45) is 0 Å². The van der Waals surface area contributed by atoms with Gasteiger partial charge in [-0.2, -0.15) is 0 Å². The lowest BCUT2D eigenvalue weighted by Gasteiger charge is -2.11. The summed E-state index contributed by atoms with van der Waals surface area (Å²) in [5.41, 5.74) is 8.59. The molecule has 238 valence electrons. The highest BCUT2D eigenvalue weighted by molar-refractivity contribution is 6.13. The maximum absolute atomic E-state index is 5.04. The number of benzene rings is 8. The Morgan fingerprint density at radius 1 is 0.294 bits per heavy atom. The first-order chi connectivity index (χ1) is 25.2. The minimum Gasteiger partial charge on any atom is -0.309 e. The molecule has 0 N–H and O–H groups in total. The molecule has 0 atom stereocenters. The van der Waals surface area contributed by atoms with Crippen LogP contribution in [0.4, 0.5) is 0 Å². The molecule has 4 nitrogen and oxygen atoms in total. The Balaban J connectivity index is 1.06. The zero-order chi connectivity index (χ0) is 33.7. The van der Waals surface area contributed by atoms with Crippen molar-refractivity contribution in [3.8, 4) is 51.0 Å². The predicted molar refractivity (Wildman–Crippen MR) is 211 cm³/mol. The highest BCUT2D eigenvalue weighted by Crippen LogP contribution is 2.36. The first-order valence-corrected chi connectivity index (χ1v) is 17.2. The molecule has 0 unspecified atom stereocenters. The molecule has 0 aliphatic rings. The Morgan fingerprint density at radius 2 is 0.784 bits per heavy atom. The summed E-state index contributed by atoms with van der Waals surface area (Å²) in [5.74, 6) is 1.92. The summed E-state index contributed by atoms with van der Waals surface area (Å²) < 4.78 is 2.35. The summed E-state index contributed by atoms with van der Waals surface area (Å²) >= 11 is 0. The molecule has 0 fully saturated rings. The number of para-hydroxylation sites is 1. The molecule has 10 aromatic rings. The van der Waals surface area contributed by atoms with E-state index < -0.39 is 0 Å². The van der Waals surface area contributed by atoms with E-state index in [1.807, 2.05) is 30.3 Å². The van der Waals surface area contributed by atoms with Gasteiger partial charge in [0.25, 0.3) is 0 Å². The summed E-state index contributed by atoms with van der Waals surface area (Å²) in [5, 5.41) is 7.42. The van der Waals surface area contributed by atoms with Crippen LogP contribution in [0, 0.1) is 0 Å². The minimum absolute atomic E-state index is 0.636. The summed E-state index contributed by atoms with van der Waals surface area (Å²) in [6, 6.07) is 64.1. The van der Waals surface area contributed by atoms with Gasteiger partial charge in [-0.15, -0.1) is 0 Å². The van der Waals surface area contributed by atoms with Crippen LogP contribution in [0.3, 0.4) is 0 Å². The Labute approximate surface area is 295 Å². The van der Waals surface area contributed by atoms with Gasteiger partial charge in [0.15, 0.2) is 17.5 Å². The molecule has 8 aromatic carbocycles. The molecule has 0 saturated heterocycles. The van der Waals surface area contributed by atoms with Crippen LogP contribution in [0.15, 0.2) is 182 Å². The number of aromatic nitrogens is 4. The van der Waals surface area contributed by atoms with E-state index in [0.717, 1.165) is 27.9 Å². The van der Waals surface area contributed by atoms with E-state index in [1.54, 1.807) is 0 Å². The Bertz CT molecular complexity index is 2890. The van der Waals surface area contributed by atoms with E-state index in [1.165, 1.54) is 48.9 Å². The van der Waals surface area contributed by atoms with Crippen molar-refractivity contribution in [1.29, 1.82) is 0 Å². The number of hydrogen-bond donors (Lipinski definition) is 0. The van der Waals surface area contributed by atoms with Crippen LogP contribution in [0.25, 0.3) is 94.3 Å². The Kier molecular flexibility index (Phi) is 6.78. The molecule has 0 aliphatic heterocycles. The number of fused-ring (bicyclic) bond motifs is 5. The summed E-state index contributed by atoms with van der Waals surface area (Å²) in [4.78, 5) is 15.0. The summed E-state index contributed by atoms with van der Waals surface area (Å²) in [7, 11) is 0. The third-order valence-electron chi connectivity index (χ3n) is 9.82. The average molecular weight is 651 g/mol. The second-order valence-corrected chi connectivity index (χ2v) is 12.9. The van der Waals surface area contributed by atoms with Crippen LogP contribution in [0.5, 0.6) is 0 Å². The zero-order valence-corrected chi connectivity index (χ0v) is 27.6. The lowest BCUT2D eigenvalue weighted by molar-refractivity contribution is 1.07. The lowest BCUT2D eigenvalue weighted by atomic mass is 10.00. The van der Waals surface area contributed by atoms with E-state index >= 15 is 0 Å². The first-order valence-electron chi connectivity index (χ1n) is 17.2. The largest absolute Gasteiger partial charge is 0.309 e. The van der Waals surface area contributed by atoms with Crippen molar-refractivity contribution in [2.45, 2.75) is 0 Å². The van der Waals surface area contributed by atoms with Crippen molar-refractivity contribution in [2.75, 3.05) is 0 Å². The van der Waals surface area contributed by atoms with Crippen molar-refractivity contribution >= 4 is 43.4 Å². The fourth-order valence-electron chi connectivity index (χ4n) is 7.22. The normalized spacial score (nSPS) is 11.5. The molecule has 0 aliphatic carbocycles. The molecule has 10 rings (SSSR count). The maximum atomic E-state index is 5.04. The molecule has 0 radical (unpaired) electrons. The van der Waals surface area contributed by atoms with E-state index in [4.69, 9.17) is 15.0 Å². The van der Waals surface area contributed by atoms with Gasteiger partial charge in [0, 0.05) is 33.2 Å². The van der Waals surface area contributed by atoms with Gasteiger partial charge in [-0.3, -0.25) is 0 Å². The van der Waals surface area contributed by atoms with Crippen LogP contribution in [0.2, 0.25) is 0 Å². The monoisotopic (exact) mass is 650 g/mol. The van der Waals surface area contributed by atoms with E-state index in [9.17, 15) is 0 Å². The Morgan fingerprint density at radius 3 is 1.47 bits per heavy atom. The fourth-order valence-corrected chi connectivity index (χ4v) is 7.22. The quantitative estimate of drug-likeness (QED) is 0.186. The number of nitrogens with zero attached hydrogens (tertiary/aromatic N) is 4. The fraction of sp³-hybridized carbons (Fsp3) is 0. The molecule has 0 spiro atoms. The molecule has 51 heavy (non-hydrogen) atoms. The molecule has 0 bridgehead atoms. The SMILES string of the molecule is c1ccc(-c2nc(-c3ccc(-c4ccc5ccccc5c4)cc3)nc(-c3ccc(-n4c5ccccc5c5cc6ccccc6cc54)cc3)n2)cc1. The first kappa shape index (κ1) is 29.0. The summed E-state index contributed by atoms with van der Waals surface area (Å²) in [6.45, 7) is 0. The van der Waals surface area contributed by atoms with Crippen LogP contribution in [-0.4, -0.2) is 19.5 Å². The molecular weight excluding hydrogens is 621 g/mol. The van der Waals surface area contributed by atoms with Gasteiger partial charge in [0.1, 0.15) is 0 Å². The number of rotatable bonds is 5. The molecule has 2 heterocycles. The van der Waals surface area contributed by atoms with E-state index in [2.05, 4.69) is 156 Å². The highest BCUT2D eigenvalue weighted by Gasteiger charge is 2.16. The van der Waals surface area contributed by atoms with Crippen LogP contribution < -0.4 is 0 Å². The lowest BCUT2D eigenvalue weighted by Crippen LogP contribution is -2.00. The third-order valence-corrected chi connectivity index (χ3v) is 9.82. The second kappa shape index (κ2) is 11.9. The second-order valence-electron chi connectivity index (χ2n) is 12.9. The molecule has 0 amide bonds. The molecule has 0 saturated carbocycles. The predicted octanol–water partition coefficient (Wildman–Crippen LogP) is 11.9. The van der Waals surface area contributed by atoms with E-state index in [-0.39, 0.29) is 0 Å². The number of hydrogen-bond acceptors (Lipinski definition) is 3. The molecule has 2 aromatic heterocycles. The van der Waals surface area contributed by atoms with Crippen molar-refractivity contribution in [3.05, 3.63) is 182 Å². The standard InChI is InChI=1S/C47H30N4/c1-2-11-33(12-3-1)45-48-46(34-21-18-32(19-22-34)39-23-20-31-10-4-5-13-36(31)28-39)50-47(49-45)35-24-26-40(27-25-35)51-43-17-9-8-16-41(43)42-29-37-14-6-7-15-38(37)30-44(42)51/h1-30H. The topological polar surface area (TPSA) is 43.6 Å². The van der Waals surface area contributed by atoms with Gasteiger partial charge in [-0.05, 0) is 81.2 Å². The van der Waals surface area contributed by atoms with Crippen molar-refractivity contribution < 1.29 is 0 Å². The van der Waals surface area contributed by atoms with Crippen LogP contribution in [0.1, 0.15) is 0 Å². The third kappa shape index (κ3) is 5.13. The maximum Gasteiger partial charge on any atom is 0.164 e. The van der Waals surface area contributed by atoms with Gasteiger partial charge in [-0.25, -0.2) is 15.0 Å². The van der Waals surface area contributed by atoms with Gasteiger partial charge in [0.2, 0.25) is 0 Å². The smallest absolute Gasteiger partial charge is 0.164 e. The zero-order valence-electron chi connectivity index (χ0n) is 27.6. The van der Waals surface area contributed by atoms with Gasteiger partial charge >= 0.3 is 0 Å². The summed E-state index contributed by atoms with van der Waals surface area (Å²) in [6.07, 6.45) is 0. The van der Waals surface area contributed by atoms with E-state index in [0.29, 0.717) is 17.5 Å². The van der Waals surface area contributed by atoms with Crippen LogP contribution in [-0.2, 0) is 0 Å². The Hall–Kier alpha value is -6.91. The van der Waals surface area contributed by atoms with Gasteiger partial charge < -0.3 is 4.57 Å². The highest BCUT2D eigenvalue weighted by atomic mass is 15.0. The average Bonchev–Trinajstić information content (AvgIpc) is 3.53. The minimum atomic E-state index is 0.636. The molecule has 4 heteroatoms. The van der Waals surface area contributed by atoms with Gasteiger partial charge in [0.05, 0.1) is 11.0 Å². The van der Waals surface area contributed by atoms with Crippen LogP contribution >= 0.6 is 0 Å². The van der Waals surface area contributed by atoms with Crippen molar-refractivity contribution in [1.82, 2.24) is 19.5 Å².